The van der Waals surface area contributed by atoms with Crippen molar-refractivity contribution in [2.45, 2.75) is 0 Å². The largest absolute Gasteiger partial charge is 0.483 e. The molecule has 0 amide bonds. The summed E-state index contributed by atoms with van der Waals surface area (Å²) in [7, 11) is 0. The number of carboxylic acid groups (broad SMARTS) is 2. The van der Waals surface area contributed by atoms with Crippen LogP contribution in [0.3, 0.4) is 0 Å². The van der Waals surface area contributed by atoms with Gasteiger partial charge in [0, 0.05) is 37.7 Å². The molecule has 0 atom stereocenters. The molecule has 2 N–H and O–H groups in total. The summed E-state index contributed by atoms with van der Waals surface area (Å²) < 4.78 is 0. The summed E-state index contributed by atoms with van der Waals surface area (Å²) in [5, 5.41) is 13.8. The number of hydrogen-bond acceptors (Lipinski definition) is 2. The molecule has 5 heteroatoms. The Hall–Kier alpha value is 0.200. The average molecular weight is 132 g/mol. The van der Waals surface area contributed by atoms with E-state index in [-0.39, 0.29) is 50.7 Å². The van der Waals surface area contributed by atoms with E-state index in [1.165, 1.54) is 0 Å². The minimum atomic E-state index is -0.250. The van der Waals surface area contributed by atoms with Crippen LogP contribution in [-0.2, 0) is 9.59 Å². The van der Waals surface area contributed by atoms with Gasteiger partial charge < -0.3 is 10.2 Å². The van der Waals surface area contributed by atoms with E-state index in [1.54, 1.807) is 0 Å². The number of carbonyl (C=O) groups is 2. The topological polar surface area (TPSA) is 74.6 Å². The molecule has 0 rings (SSSR count). The van der Waals surface area contributed by atoms with E-state index in [4.69, 9.17) is 19.8 Å². The fourth-order valence-corrected chi connectivity index (χ4v) is 0. The summed E-state index contributed by atoms with van der Waals surface area (Å²) in [5.41, 5.74) is 0. The molecule has 0 aromatic heterocycles. The Kier molecular flexibility index (Phi) is 77.6. The first-order valence-electron chi connectivity index (χ1n) is 0.988. The van der Waals surface area contributed by atoms with Gasteiger partial charge in [-0.25, -0.2) is 0 Å². The van der Waals surface area contributed by atoms with Crippen LogP contribution < -0.4 is 0 Å². The minimum Gasteiger partial charge on any atom is -0.483 e. The van der Waals surface area contributed by atoms with Crippen molar-refractivity contribution in [2.24, 2.45) is 0 Å². The van der Waals surface area contributed by atoms with Crippen molar-refractivity contribution in [3.05, 3.63) is 0 Å². The molecule has 0 fully saturated rings. The van der Waals surface area contributed by atoms with Gasteiger partial charge in [-0.3, -0.25) is 9.59 Å². The van der Waals surface area contributed by atoms with Gasteiger partial charge in [0.1, 0.15) is 0 Å². The van der Waals surface area contributed by atoms with Crippen LogP contribution in [0.15, 0.2) is 0 Å². The van der Waals surface area contributed by atoms with Crippen molar-refractivity contribution in [3.8, 4) is 0 Å². The molecule has 0 aromatic rings. The predicted molar refractivity (Wildman–Crippen MR) is 23.1 cm³/mol. The normalized spacial score (nSPS) is 3.43. The monoisotopic (exact) mass is 132 g/mol. The average Bonchev–Trinajstić information content (AvgIpc) is 1.39. The van der Waals surface area contributed by atoms with Crippen LogP contribution >= 0.6 is 0 Å². The van der Waals surface area contributed by atoms with Gasteiger partial charge >= 0.3 is 0 Å². The SMILES string of the molecule is O=CO.O=CO.[Ca]. The van der Waals surface area contributed by atoms with E-state index >= 15 is 0 Å². The molecule has 0 unspecified atom stereocenters. The minimum absolute atomic E-state index is 0. The molecule has 0 aliphatic rings. The smallest absolute Gasteiger partial charge is 0.290 e. The van der Waals surface area contributed by atoms with E-state index in [0.717, 1.165) is 0 Å². The Bertz CT molecular complexity index is 30.7. The van der Waals surface area contributed by atoms with Gasteiger partial charge in [0.2, 0.25) is 0 Å². The maximum absolute atomic E-state index is 8.36. The molecule has 0 saturated carbocycles. The van der Waals surface area contributed by atoms with Crippen molar-refractivity contribution in [1.29, 1.82) is 0 Å². The first-order valence-corrected chi connectivity index (χ1v) is 0.988. The summed E-state index contributed by atoms with van der Waals surface area (Å²) in [6.45, 7) is -0.500. The zero-order valence-electron chi connectivity index (χ0n) is 3.57. The molecule has 0 spiro atoms. The third-order valence-electron chi connectivity index (χ3n) is 0. The van der Waals surface area contributed by atoms with E-state index < -0.39 is 0 Å². The van der Waals surface area contributed by atoms with Crippen LogP contribution in [0.25, 0.3) is 0 Å². The molecule has 0 saturated heterocycles. The van der Waals surface area contributed by atoms with Crippen molar-refractivity contribution in [2.75, 3.05) is 0 Å². The third-order valence-corrected chi connectivity index (χ3v) is 0. The van der Waals surface area contributed by atoms with Crippen molar-refractivity contribution in [3.63, 3.8) is 0 Å². The third kappa shape index (κ3) is 2740. The Morgan fingerprint density at radius 3 is 1.00 bits per heavy atom. The van der Waals surface area contributed by atoms with Gasteiger partial charge in [0.25, 0.3) is 12.9 Å². The summed E-state index contributed by atoms with van der Waals surface area (Å²) in [6.07, 6.45) is 0. The van der Waals surface area contributed by atoms with E-state index in [9.17, 15) is 0 Å². The maximum atomic E-state index is 8.36. The van der Waals surface area contributed by atoms with Crippen LogP contribution in [0, 0.1) is 0 Å². The first-order chi connectivity index (χ1) is 2.83. The molecule has 0 bridgehead atoms. The molecular formula is C2H4CaO4. The molecular weight excluding hydrogens is 128 g/mol. The first kappa shape index (κ1) is 15.7. The van der Waals surface area contributed by atoms with Crippen LogP contribution in [0.5, 0.6) is 0 Å². The van der Waals surface area contributed by atoms with Gasteiger partial charge in [0.05, 0.1) is 0 Å². The van der Waals surface area contributed by atoms with Gasteiger partial charge in [-0.05, 0) is 0 Å². The van der Waals surface area contributed by atoms with Gasteiger partial charge in [0.15, 0.2) is 0 Å². The number of hydrogen-bond donors (Lipinski definition) is 2. The summed E-state index contributed by atoms with van der Waals surface area (Å²) in [4.78, 5) is 16.7. The maximum Gasteiger partial charge on any atom is 0.290 e. The molecule has 0 aromatic carbocycles. The van der Waals surface area contributed by atoms with Gasteiger partial charge in [-0.1, -0.05) is 0 Å². The van der Waals surface area contributed by atoms with E-state index in [1.807, 2.05) is 0 Å². The Balaban J connectivity index is -0.0000000400. The second-order valence-corrected chi connectivity index (χ2v) is 0.211. The Morgan fingerprint density at radius 2 is 1.00 bits per heavy atom. The van der Waals surface area contributed by atoms with E-state index in [2.05, 4.69) is 0 Å². The van der Waals surface area contributed by atoms with Gasteiger partial charge in [-0.2, -0.15) is 0 Å². The standard InChI is InChI=1S/2CH2O2.Ca/c2*2-1-3;/h2*1H,(H,2,3);. The summed E-state index contributed by atoms with van der Waals surface area (Å²) in [6, 6.07) is 0. The zero-order chi connectivity index (χ0) is 5.41. The molecule has 0 heterocycles. The van der Waals surface area contributed by atoms with Crippen LogP contribution in [0.2, 0.25) is 0 Å². The van der Waals surface area contributed by atoms with Crippen LogP contribution in [0.1, 0.15) is 0 Å². The fourth-order valence-electron chi connectivity index (χ4n) is 0. The van der Waals surface area contributed by atoms with Crippen LogP contribution in [-0.4, -0.2) is 60.9 Å². The number of rotatable bonds is 0. The van der Waals surface area contributed by atoms with Crippen molar-refractivity contribution < 1.29 is 19.8 Å². The Morgan fingerprint density at radius 1 is 1.00 bits per heavy atom. The fraction of sp³-hybridized carbons (Fsp3) is 0. The second-order valence-electron chi connectivity index (χ2n) is 0.211. The van der Waals surface area contributed by atoms with E-state index in [0.29, 0.717) is 0 Å². The molecule has 7 heavy (non-hydrogen) atoms. The van der Waals surface area contributed by atoms with Crippen molar-refractivity contribution in [1.82, 2.24) is 0 Å². The quantitative estimate of drug-likeness (QED) is 0.328. The molecule has 4 nitrogen and oxygen atoms in total. The predicted octanol–water partition coefficient (Wildman–Crippen LogP) is -0.979. The molecule has 38 valence electrons. The Labute approximate surface area is 70.1 Å². The molecule has 0 aliphatic heterocycles. The second kappa shape index (κ2) is 34.6. The summed E-state index contributed by atoms with van der Waals surface area (Å²) >= 11 is 0. The van der Waals surface area contributed by atoms with Crippen molar-refractivity contribution >= 4 is 50.7 Å². The molecule has 2 radical (unpaired) electrons. The molecule has 0 aliphatic carbocycles. The summed E-state index contributed by atoms with van der Waals surface area (Å²) in [5.74, 6) is 0. The van der Waals surface area contributed by atoms with Gasteiger partial charge in [-0.15, -0.1) is 0 Å². The van der Waals surface area contributed by atoms with Crippen LogP contribution in [0.4, 0.5) is 0 Å². The zero-order valence-corrected chi connectivity index (χ0v) is 5.78.